The number of benzene rings is 3. The van der Waals surface area contributed by atoms with Crippen molar-refractivity contribution < 1.29 is 4.74 Å². The first kappa shape index (κ1) is 23.1. The summed E-state index contributed by atoms with van der Waals surface area (Å²) in [6.45, 7) is 12.6. The van der Waals surface area contributed by atoms with E-state index < -0.39 is 0 Å². The number of para-hydroxylation sites is 2. The van der Waals surface area contributed by atoms with Crippen LogP contribution in [0.2, 0.25) is 0 Å². The highest BCUT2D eigenvalue weighted by molar-refractivity contribution is 5.76. The highest BCUT2D eigenvalue weighted by Gasteiger charge is 2.18. The maximum Gasteiger partial charge on any atom is 0.122 e. The molecule has 3 heteroatoms. The largest absolute Gasteiger partial charge is 0.493 e. The van der Waals surface area contributed by atoms with Crippen LogP contribution in [0.5, 0.6) is 5.75 Å². The summed E-state index contributed by atoms with van der Waals surface area (Å²) in [5, 5.41) is 0. The molecule has 3 nitrogen and oxygen atoms in total. The zero-order valence-electron chi connectivity index (χ0n) is 20.6. The molecule has 0 aliphatic carbocycles. The highest BCUT2D eigenvalue weighted by Crippen LogP contribution is 2.28. The Hall–Kier alpha value is -3.07. The lowest BCUT2D eigenvalue weighted by Crippen LogP contribution is -2.11. The standard InChI is InChI=1S/C30H36N2O/c1-21(2)20-25-14-16-26(17-15-25)24(5)30-31-27-11-6-7-12-28(27)32(30)18-9-19-33-29-13-8-10-22(3)23(29)4/h6-8,10-17,21,24H,9,18-20H2,1-5H3. The van der Waals surface area contributed by atoms with E-state index in [1.165, 1.54) is 27.8 Å². The van der Waals surface area contributed by atoms with E-state index in [4.69, 9.17) is 9.72 Å². The molecule has 33 heavy (non-hydrogen) atoms. The summed E-state index contributed by atoms with van der Waals surface area (Å²) in [6, 6.07) is 23.8. The van der Waals surface area contributed by atoms with E-state index in [2.05, 4.69) is 106 Å². The molecule has 1 heterocycles. The van der Waals surface area contributed by atoms with Gasteiger partial charge in [0.2, 0.25) is 0 Å². The fourth-order valence-electron chi connectivity index (χ4n) is 4.51. The Kier molecular flexibility index (Phi) is 7.17. The third-order valence-electron chi connectivity index (χ3n) is 6.53. The monoisotopic (exact) mass is 440 g/mol. The van der Waals surface area contributed by atoms with Crippen molar-refractivity contribution in [2.24, 2.45) is 5.92 Å². The lowest BCUT2D eigenvalue weighted by molar-refractivity contribution is 0.299. The summed E-state index contributed by atoms with van der Waals surface area (Å²) >= 11 is 0. The van der Waals surface area contributed by atoms with Crippen molar-refractivity contribution in [3.63, 3.8) is 0 Å². The van der Waals surface area contributed by atoms with Gasteiger partial charge in [-0.1, -0.05) is 69.3 Å². The molecular weight excluding hydrogens is 404 g/mol. The minimum absolute atomic E-state index is 0.227. The van der Waals surface area contributed by atoms with Gasteiger partial charge < -0.3 is 9.30 Å². The Morgan fingerprint density at radius 2 is 1.64 bits per heavy atom. The number of fused-ring (bicyclic) bond motifs is 1. The molecule has 0 saturated heterocycles. The molecule has 172 valence electrons. The van der Waals surface area contributed by atoms with Gasteiger partial charge in [-0.05, 0) is 73.1 Å². The van der Waals surface area contributed by atoms with Crippen LogP contribution in [-0.2, 0) is 13.0 Å². The summed E-state index contributed by atoms with van der Waals surface area (Å²) in [7, 11) is 0. The van der Waals surface area contributed by atoms with Crippen molar-refractivity contribution in [3.05, 3.63) is 94.8 Å². The molecule has 0 aliphatic heterocycles. The minimum atomic E-state index is 0.227. The second-order valence-corrected chi connectivity index (χ2v) is 9.57. The van der Waals surface area contributed by atoms with Crippen LogP contribution < -0.4 is 4.74 Å². The van der Waals surface area contributed by atoms with Crippen molar-refractivity contribution in [1.29, 1.82) is 0 Å². The van der Waals surface area contributed by atoms with Crippen molar-refractivity contribution in [1.82, 2.24) is 9.55 Å². The molecule has 0 amide bonds. The summed E-state index contributed by atoms with van der Waals surface area (Å²) in [4.78, 5) is 5.04. The third kappa shape index (κ3) is 5.30. The Bertz CT molecular complexity index is 1200. The van der Waals surface area contributed by atoms with Gasteiger partial charge in [0.1, 0.15) is 11.6 Å². The topological polar surface area (TPSA) is 27.1 Å². The average Bonchev–Trinajstić information content (AvgIpc) is 3.17. The van der Waals surface area contributed by atoms with Gasteiger partial charge in [-0.2, -0.15) is 0 Å². The smallest absolute Gasteiger partial charge is 0.122 e. The molecule has 0 aliphatic rings. The molecule has 1 unspecified atom stereocenters. The van der Waals surface area contributed by atoms with Crippen LogP contribution in [0.3, 0.4) is 0 Å². The van der Waals surface area contributed by atoms with E-state index in [-0.39, 0.29) is 5.92 Å². The van der Waals surface area contributed by atoms with Crippen molar-refractivity contribution in [2.75, 3.05) is 6.61 Å². The van der Waals surface area contributed by atoms with Gasteiger partial charge in [0, 0.05) is 12.5 Å². The summed E-state index contributed by atoms with van der Waals surface area (Å²) < 4.78 is 8.51. The number of hydrogen-bond donors (Lipinski definition) is 0. The molecular formula is C30H36N2O. The molecule has 1 aromatic heterocycles. The number of aromatic nitrogens is 2. The quantitative estimate of drug-likeness (QED) is 0.252. The molecule has 4 aromatic rings. The molecule has 4 rings (SSSR count). The SMILES string of the molecule is Cc1cccc(OCCCn2c(C(C)c3ccc(CC(C)C)cc3)nc3ccccc32)c1C. The van der Waals surface area contributed by atoms with E-state index in [0.29, 0.717) is 12.5 Å². The van der Waals surface area contributed by atoms with Gasteiger partial charge in [0.15, 0.2) is 0 Å². The molecule has 0 fully saturated rings. The lowest BCUT2D eigenvalue weighted by Gasteiger charge is -2.17. The van der Waals surface area contributed by atoms with Crippen LogP contribution in [0.15, 0.2) is 66.7 Å². The van der Waals surface area contributed by atoms with Crippen LogP contribution in [0.25, 0.3) is 11.0 Å². The molecule has 0 radical (unpaired) electrons. The van der Waals surface area contributed by atoms with Gasteiger partial charge in [-0.15, -0.1) is 0 Å². The van der Waals surface area contributed by atoms with E-state index in [1.807, 2.05) is 0 Å². The number of nitrogens with zero attached hydrogens (tertiary/aromatic N) is 2. The molecule has 0 N–H and O–H groups in total. The highest BCUT2D eigenvalue weighted by atomic mass is 16.5. The average molecular weight is 441 g/mol. The predicted octanol–water partition coefficient (Wildman–Crippen LogP) is 7.47. The zero-order valence-corrected chi connectivity index (χ0v) is 20.6. The number of hydrogen-bond acceptors (Lipinski definition) is 2. The summed E-state index contributed by atoms with van der Waals surface area (Å²) in [5.74, 6) is 3.01. The van der Waals surface area contributed by atoms with Gasteiger partial charge in [-0.3, -0.25) is 0 Å². The first-order valence-electron chi connectivity index (χ1n) is 12.2. The fourth-order valence-corrected chi connectivity index (χ4v) is 4.51. The van der Waals surface area contributed by atoms with Crippen LogP contribution in [0, 0.1) is 19.8 Å². The van der Waals surface area contributed by atoms with E-state index >= 15 is 0 Å². The molecule has 0 saturated carbocycles. The van der Waals surface area contributed by atoms with Crippen LogP contribution in [0.4, 0.5) is 0 Å². The first-order valence-corrected chi connectivity index (χ1v) is 12.2. The molecule has 0 spiro atoms. The zero-order chi connectivity index (χ0) is 23.4. The molecule has 3 aromatic carbocycles. The van der Waals surface area contributed by atoms with Crippen LogP contribution >= 0.6 is 0 Å². The van der Waals surface area contributed by atoms with Crippen LogP contribution in [0.1, 0.15) is 61.2 Å². The second-order valence-electron chi connectivity index (χ2n) is 9.57. The number of rotatable bonds is 9. The molecule has 0 bridgehead atoms. The minimum Gasteiger partial charge on any atom is -0.493 e. The van der Waals surface area contributed by atoms with E-state index in [0.717, 1.165) is 36.5 Å². The summed E-state index contributed by atoms with van der Waals surface area (Å²) in [5.41, 5.74) is 7.46. The van der Waals surface area contributed by atoms with Crippen LogP contribution in [-0.4, -0.2) is 16.2 Å². The van der Waals surface area contributed by atoms with Gasteiger partial charge in [0.05, 0.1) is 17.6 Å². The number of ether oxygens (including phenoxy) is 1. The van der Waals surface area contributed by atoms with Crippen molar-refractivity contribution in [2.45, 2.75) is 59.9 Å². The lowest BCUT2D eigenvalue weighted by atomic mass is 9.96. The Morgan fingerprint density at radius 1 is 0.879 bits per heavy atom. The van der Waals surface area contributed by atoms with Gasteiger partial charge in [0.25, 0.3) is 0 Å². The number of imidazole rings is 1. The van der Waals surface area contributed by atoms with Gasteiger partial charge >= 0.3 is 0 Å². The van der Waals surface area contributed by atoms with Crippen molar-refractivity contribution in [3.8, 4) is 5.75 Å². The summed E-state index contributed by atoms with van der Waals surface area (Å²) in [6.07, 6.45) is 2.05. The Balaban J connectivity index is 1.52. The molecule has 1 atom stereocenters. The van der Waals surface area contributed by atoms with E-state index in [9.17, 15) is 0 Å². The fraction of sp³-hybridized carbons (Fsp3) is 0.367. The number of aryl methyl sites for hydroxylation is 2. The Labute approximate surface area is 198 Å². The normalized spacial score (nSPS) is 12.4. The Morgan fingerprint density at radius 3 is 2.39 bits per heavy atom. The second kappa shape index (κ2) is 10.2. The van der Waals surface area contributed by atoms with E-state index in [1.54, 1.807) is 0 Å². The van der Waals surface area contributed by atoms with Crippen molar-refractivity contribution >= 4 is 11.0 Å². The van der Waals surface area contributed by atoms with Gasteiger partial charge in [-0.25, -0.2) is 4.98 Å². The maximum absolute atomic E-state index is 6.12. The maximum atomic E-state index is 6.12. The predicted molar refractivity (Wildman–Crippen MR) is 138 cm³/mol. The third-order valence-corrected chi connectivity index (χ3v) is 6.53. The first-order chi connectivity index (χ1) is 15.9.